The Hall–Kier alpha value is -3.35. The zero-order valence-corrected chi connectivity index (χ0v) is 19.2. The van der Waals surface area contributed by atoms with Crippen LogP contribution in [-0.2, 0) is 4.74 Å². The summed E-state index contributed by atoms with van der Waals surface area (Å²) in [4.78, 5) is 15.3. The second-order valence-electron chi connectivity index (χ2n) is 7.99. The van der Waals surface area contributed by atoms with Gasteiger partial charge in [0.15, 0.2) is 0 Å². The summed E-state index contributed by atoms with van der Waals surface area (Å²) in [6.45, 7) is 6.96. The van der Waals surface area contributed by atoms with Crippen LogP contribution in [0.3, 0.4) is 0 Å². The van der Waals surface area contributed by atoms with E-state index in [2.05, 4.69) is 10.2 Å². The van der Waals surface area contributed by atoms with E-state index in [0.29, 0.717) is 12.2 Å². The smallest absolute Gasteiger partial charge is 0.255 e. The van der Waals surface area contributed by atoms with Gasteiger partial charge in [0, 0.05) is 30.9 Å². The molecule has 1 saturated heterocycles. The van der Waals surface area contributed by atoms with Gasteiger partial charge in [-0.3, -0.25) is 9.69 Å². The van der Waals surface area contributed by atoms with Crippen molar-refractivity contribution in [1.29, 1.82) is 0 Å². The molecule has 0 aromatic heterocycles. The third-order valence-corrected chi connectivity index (χ3v) is 5.87. The molecule has 3 aromatic carbocycles. The van der Waals surface area contributed by atoms with Crippen LogP contribution in [0.1, 0.15) is 15.9 Å². The number of ether oxygens (including phenoxy) is 3. The van der Waals surface area contributed by atoms with Gasteiger partial charge < -0.3 is 19.5 Å². The molecule has 33 heavy (non-hydrogen) atoms. The zero-order chi connectivity index (χ0) is 23.0. The normalized spacial score (nSPS) is 14.0. The molecule has 4 rings (SSSR count). The molecule has 6 heteroatoms. The maximum Gasteiger partial charge on any atom is 0.255 e. The molecule has 1 aliphatic rings. The number of rotatable bonds is 8. The Labute approximate surface area is 195 Å². The molecule has 1 amide bonds. The number of benzene rings is 3. The Kier molecular flexibility index (Phi) is 7.60. The summed E-state index contributed by atoms with van der Waals surface area (Å²) in [5, 5.41) is 2.99. The van der Waals surface area contributed by atoms with E-state index in [9.17, 15) is 4.79 Å². The first-order valence-electron chi connectivity index (χ1n) is 11.2. The lowest BCUT2D eigenvalue weighted by Crippen LogP contribution is -2.38. The number of methoxy groups -OCH3 is 1. The average molecular weight is 447 g/mol. The third-order valence-electron chi connectivity index (χ3n) is 5.87. The van der Waals surface area contributed by atoms with Crippen molar-refractivity contribution in [3.8, 4) is 22.6 Å². The highest BCUT2D eigenvalue weighted by Crippen LogP contribution is 2.28. The highest BCUT2D eigenvalue weighted by atomic mass is 16.5. The molecule has 3 aromatic rings. The van der Waals surface area contributed by atoms with Crippen LogP contribution in [0.4, 0.5) is 5.69 Å². The number of anilines is 1. The number of carbonyl (C=O) groups excluding carboxylic acids is 1. The molecule has 0 spiro atoms. The van der Waals surface area contributed by atoms with Crippen molar-refractivity contribution in [3.63, 3.8) is 0 Å². The highest BCUT2D eigenvalue weighted by Gasteiger charge is 2.14. The number of amides is 1. The summed E-state index contributed by atoms with van der Waals surface area (Å²) in [6.07, 6.45) is 0. The molecule has 1 N–H and O–H groups in total. The third kappa shape index (κ3) is 5.92. The summed E-state index contributed by atoms with van der Waals surface area (Å²) < 4.78 is 16.5. The second kappa shape index (κ2) is 11.0. The van der Waals surface area contributed by atoms with Gasteiger partial charge in [0.25, 0.3) is 5.91 Å². The first-order chi connectivity index (χ1) is 16.1. The lowest BCUT2D eigenvalue weighted by Gasteiger charge is -2.26. The van der Waals surface area contributed by atoms with Gasteiger partial charge in [-0.25, -0.2) is 0 Å². The molecule has 0 unspecified atom stereocenters. The SMILES string of the molecule is COc1ccc(-c2cccc(C(=O)Nc3ccc(OCCN4CCOCC4)cc3)c2C)cc1. The summed E-state index contributed by atoms with van der Waals surface area (Å²) in [6, 6.07) is 21.1. The number of morpholine rings is 1. The number of nitrogens with one attached hydrogen (secondary N) is 1. The lowest BCUT2D eigenvalue weighted by molar-refractivity contribution is 0.0322. The second-order valence-corrected chi connectivity index (χ2v) is 7.99. The molecule has 1 heterocycles. The summed E-state index contributed by atoms with van der Waals surface area (Å²) in [5.41, 5.74) is 4.38. The molecule has 0 bridgehead atoms. The van der Waals surface area contributed by atoms with Gasteiger partial charge in [0.2, 0.25) is 0 Å². The molecule has 0 aliphatic carbocycles. The van der Waals surface area contributed by atoms with Crippen LogP contribution in [0.5, 0.6) is 11.5 Å². The predicted molar refractivity (Wildman–Crippen MR) is 130 cm³/mol. The Morgan fingerprint density at radius 1 is 0.970 bits per heavy atom. The monoisotopic (exact) mass is 446 g/mol. The van der Waals surface area contributed by atoms with Gasteiger partial charge in [-0.2, -0.15) is 0 Å². The van der Waals surface area contributed by atoms with Gasteiger partial charge in [-0.05, 0) is 66.1 Å². The minimum absolute atomic E-state index is 0.135. The number of hydrogen-bond donors (Lipinski definition) is 1. The zero-order valence-electron chi connectivity index (χ0n) is 19.2. The molecule has 6 nitrogen and oxygen atoms in total. The number of hydrogen-bond acceptors (Lipinski definition) is 5. The summed E-state index contributed by atoms with van der Waals surface area (Å²) in [5.74, 6) is 1.46. The quantitative estimate of drug-likeness (QED) is 0.547. The van der Waals surface area contributed by atoms with Crippen molar-refractivity contribution in [2.75, 3.05) is 51.9 Å². The molecule has 0 saturated carbocycles. The van der Waals surface area contributed by atoms with Gasteiger partial charge in [-0.1, -0.05) is 24.3 Å². The van der Waals surface area contributed by atoms with Crippen molar-refractivity contribution in [3.05, 3.63) is 77.9 Å². The minimum atomic E-state index is -0.135. The van der Waals surface area contributed by atoms with E-state index < -0.39 is 0 Å². The van der Waals surface area contributed by atoms with Crippen LogP contribution in [0, 0.1) is 6.92 Å². The van der Waals surface area contributed by atoms with Crippen molar-refractivity contribution in [1.82, 2.24) is 4.90 Å². The Balaban J connectivity index is 1.36. The van der Waals surface area contributed by atoms with E-state index in [-0.39, 0.29) is 5.91 Å². The first-order valence-corrected chi connectivity index (χ1v) is 11.2. The van der Waals surface area contributed by atoms with Crippen LogP contribution < -0.4 is 14.8 Å². The van der Waals surface area contributed by atoms with E-state index >= 15 is 0 Å². The van der Waals surface area contributed by atoms with E-state index in [4.69, 9.17) is 14.2 Å². The van der Waals surface area contributed by atoms with Crippen molar-refractivity contribution in [2.24, 2.45) is 0 Å². The highest BCUT2D eigenvalue weighted by molar-refractivity contribution is 6.06. The van der Waals surface area contributed by atoms with Crippen molar-refractivity contribution < 1.29 is 19.0 Å². The van der Waals surface area contributed by atoms with Gasteiger partial charge >= 0.3 is 0 Å². The molecule has 0 radical (unpaired) electrons. The van der Waals surface area contributed by atoms with Crippen molar-refractivity contribution in [2.45, 2.75) is 6.92 Å². The van der Waals surface area contributed by atoms with Crippen LogP contribution in [-0.4, -0.2) is 57.4 Å². The van der Waals surface area contributed by atoms with E-state index in [1.807, 2.05) is 73.7 Å². The minimum Gasteiger partial charge on any atom is -0.497 e. The number of nitrogens with zero attached hydrogens (tertiary/aromatic N) is 1. The maximum absolute atomic E-state index is 13.0. The fourth-order valence-corrected chi connectivity index (χ4v) is 3.92. The predicted octanol–water partition coefficient (Wildman–Crippen LogP) is 4.63. The van der Waals surface area contributed by atoms with Gasteiger partial charge in [0.05, 0.1) is 20.3 Å². The molecule has 1 aliphatic heterocycles. The standard InChI is InChI=1S/C27H30N2O4/c1-20-25(21-6-10-23(31-2)11-7-21)4-3-5-26(20)27(30)28-22-8-12-24(13-9-22)33-19-16-29-14-17-32-18-15-29/h3-13H,14-19H2,1-2H3,(H,28,30). The average Bonchev–Trinajstić information content (AvgIpc) is 2.86. The Bertz CT molecular complexity index is 1060. The molecule has 172 valence electrons. The number of carbonyl (C=O) groups is 1. The van der Waals surface area contributed by atoms with Crippen LogP contribution in [0.15, 0.2) is 66.7 Å². The molecule has 0 atom stereocenters. The Morgan fingerprint density at radius 2 is 1.67 bits per heavy atom. The lowest BCUT2D eigenvalue weighted by atomic mass is 9.96. The largest absolute Gasteiger partial charge is 0.497 e. The molecular formula is C27H30N2O4. The van der Waals surface area contributed by atoms with E-state index in [0.717, 1.165) is 66.7 Å². The topological polar surface area (TPSA) is 60.0 Å². The van der Waals surface area contributed by atoms with Crippen LogP contribution >= 0.6 is 0 Å². The van der Waals surface area contributed by atoms with Crippen LogP contribution in [0.25, 0.3) is 11.1 Å². The van der Waals surface area contributed by atoms with Crippen molar-refractivity contribution >= 4 is 11.6 Å². The van der Waals surface area contributed by atoms with E-state index in [1.165, 1.54) is 0 Å². The fraction of sp³-hybridized carbons (Fsp3) is 0.296. The molecule has 1 fully saturated rings. The first kappa shape index (κ1) is 22.8. The van der Waals surface area contributed by atoms with Gasteiger partial charge in [-0.15, -0.1) is 0 Å². The van der Waals surface area contributed by atoms with Gasteiger partial charge in [0.1, 0.15) is 18.1 Å². The Morgan fingerprint density at radius 3 is 2.36 bits per heavy atom. The molecular weight excluding hydrogens is 416 g/mol. The summed E-state index contributed by atoms with van der Waals surface area (Å²) in [7, 11) is 1.65. The van der Waals surface area contributed by atoms with E-state index in [1.54, 1.807) is 7.11 Å². The maximum atomic E-state index is 13.0. The fourth-order valence-electron chi connectivity index (χ4n) is 3.92. The van der Waals surface area contributed by atoms with Crippen LogP contribution in [0.2, 0.25) is 0 Å². The summed E-state index contributed by atoms with van der Waals surface area (Å²) >= 11 is 0.